The van der Waals surface area contributed by atoms with Gasteiger partial charge in [-0.3, -0.25) is 0 Å². The van der Waals surface area contributed by atoms with Crippen LogP contribution in [0.2, 0.25) is 0 Å². The van der Waals surface area contributed by atoms with E-state index in [1.807, 2.05) is 12.1 Å². The molecule has 0 amide bonds. The van der Waals surface area contributed by atoms with Crippen LogP contribution in [0.15, 0.2) is 30.3 Å². The molecule has 0 aliphatic heterocycles. The van der Waals surface area contributed by atoms with Gasteiger partial charge in [0.05, 0.1) is 5.92 Å². The van der Waals surface area contributed by atoms with Gasteiger partial charge >= 0.3 is 6.11 Å². The third kappa shape index (κ3) is 8.15. The molecule has 5 rings (SSSR count). The molecule has 3 saturated carbocycles. The molecule has 0 bridgehead atoms. The highest BCUT2D eigenvalue weighted by atomic mass is 19.3. The van der Waals surface area contributed by atoms with E-state index in [9.17, 15) is 22.0 Å². The number of hydrogen-bond donors (Lipinski definition) is 0. The van der Waals surface area contributed by atoms with E-state index in [0.717, 1.165) is 36.2 Å². The number of unbranched alkanes of at least 4 members (excludes halogenated alkanes) is 3. The first-order valence-corrected chi connectivity index (χ1v) is 17.1. The van der Waals surface area contributed by atoms with Crippen LogP contribution in [0.5, 0.6) is 5.75 Å². The zero-order valence-electron chi connectivity index (χ0n) is 26.0. The Bertz CT molecular complexity index is 1180. The second-order valence-corrected chi connectivity index (χ2v) is 13.9. The van der Waals surface area contributed by atoms with Crippen LogP contribution in [0.4, 0.5) is 26.3 Å². The summed E-state index contributed by atoms with van der Waals surface area (Å²) in [5.41, 5.74) is 1.62. The Morgan fingerprint density at radius 3 is 1.84 bits per heavy atom. The summed E-state index contributed by atoms with van der Waals surface area (Å²) in [6.45, 7) is 2.27. The van der Waals surface area contributed by atoms with E-state index in [1.54, 1.807) is 6.07 Å². The molecule has 3 fully saturated rings. The molecule has 0 aromatic heterocycles. The van der Waals surface area contributed by atoms with Crippen molar-refractivity contribution in [2.75, 3.05) is 0 Å². The summed E-state index contributed by atoms with van der Waals surface area (Å²) in [5, 5.41) is 0. The van der Waals surface area contributed by atoms with E-state index in [2.05, 4.69) is 11.7 Å². The molecule has 3 aliphatic rings. The average molecular weight is 623 g/mol. The van der Waals surface area contributed by atoms with Gasteiger partial charge in [0.15, 0.2) is 17.5 Å². The van der Waals surface area contributed by atoms with Crippen molar-refractivity contribution in [1.29, 1.82) is 0 Å². The quantitative estimate of drug-likeness (QED) is 0.138. The van der Waals surface area contributed by atoms with Gasteiger partial charge in [-0.25, -0.2) is 17.6 Å². The molecule has 0 spiro atoms. The minimum atomic E-state index is -3.68. The van der Waals surface area contributed by atoms with Crippen LogP contribution in [-0.4, -0.2) is 6.11 Å². The summed E-state index contributed by atoms with van der Waals surface area (Å²) in [6.07, 6.45) is 14.2. The minimum Gasteiger partial charge on any atom is -0.432 e. The molecule has 244 valence electrons. The molecule has 0 radical (unpaired) electrons. The second-order valence-electron chi connectivity index (χ2n) is 13.9. The molecule has 0 N–H and O–H groups in total. The SMILES string of the molecule is CCCCCCC1CCC(C2CCC(c3ccc(C4CCC(C(F)(F)Oc5cc(F)c(F)c(F)c5)CC4)c(F)c3)CC2)CC1. The fraction of sp³-hybridized carbons (Fsp3) is 0.676. The van der Waals surface area contributed by atoms with Crippen molar-refractivity contribution in [2.24, 2.45) is 23.7 Å². The number of halogens is 6. The molecule has 0 atom stereocenters. The number of ether oxygens (including phenoxy) is 1. The Kier molecular flexibility index (Phi) is 11.3. The highest BCUT2D eigenvalue weighted by molar-refractivity contribution is 5.30. The third-order valence-corrected chi connectivity index (χ3v) is 11.1. The van der Waals surface area contributed by atoms with E-state index in [0.29, 0.717) is 36.5 Å². The Morgan fingerprint density at radius 1 is 0.659 bits per heavy atom. The van der Waals surface area contributed by atoms with Crippen LogP contribution in [0.1, 0.15) is 139 Å². The maximum Gasteiger partial charge on any atom is 0.400 e. The lowest BCUT2D eigenvalue weighted by Crippen LogP contribution is -2.37. The number of rotatable bonds is 11. The van der Waals surface area contributed by atoms with Crippen molar-refractivity contribution in [2.45, 2.75) is 134 Å². The maximum atomic E-state index is 15.4. The van der Waals surface area contributed by atoms with Gasteiger partial charge in [0.2, 0.25) is 0 Å². The summed E-state index contributed by atoms with van der Waals surface area (Å²) < 4.78 is 89.8. The Hall–Kier alpha value is -2.18. The number of alkyl halides is 2. The van der Waals surface area contributed by atoms with Gasteiger partial charge in [-0.2, -0.15) is 8.78 Å². The van der Waals surface area contributed by atoms with Crippen LogP contribution < -0.4 is 4.74 Å². The highest BCUT2D eigenvalue weighted by Crippen LogP contribution is 2.47. The molecular weight excluding hydrogens is 574 g/mol. The fourth-order valence-corrected chi connectivity index (χ4v) is 8.43. The second kappa shape index (κ2) is 14.9. The van der Waals surface area contributed by atoms with Gasteiger partial charge in [-0.05, 0) is 111 Å². The molecule has 1 nitrogen and oxygen atoms in total. The van der Waals surface area contributed by atoms with E-state index in [1.165, 1.54) is 70.6 Å². The first-order chi connectivity index (χ1) is 21.1. The fourth-order valence-electron chi connectivity index (χ4n) is 8.43. The van der Waals surface area contributed by atoms with E-state index in [-0.39, 0.29) is 24.6 Å². The van der Waals surface area contributed by atoms with Gasteiger partial charge in [-0.1, -0.05) is 64.0 Å². The molecule has 44 heavy (non-hydrogen) atoms. The predicted molar refractivity (Wildman–Crippen MR) is 162 cm³/mol. The van der Waals surface area contributed by atoms with Crippen LogP contribution in [0, 0.1) is 46.9 Å². The molecule has 3 aliphatic carbocycles. The Morgan fingerprint density at radius 2 is 1.25 bits per heavy atom. The first kappa shape index (κ1) is 33.2. The van der Waals surface area contributed by atoms with Gasteiger partial charge in [0.1, 0.15) is 11.6 Å². The zero-order valence-corrected chi connectivity index (χ0v) is 26.0. The van der Waals surface area contributed by atoms with Crippen LogP contribution in [-0.2, 0) is 0 Å². The Labute approximate surface area is 259 Å². The molecule has 0 unspecified atom stereocenters. The van der Waals surface area contributed by atoms with E-state index in [4.69, 9.17) is 0 Å². The van der Waals surface area contributed by atoms with Crippen molar-refractivity contribution in [3.8, 4) is 5.75 Å². The average Bonchev–Trinajstić information content (AvgIpc) is 3.02. The Balaban J connectivity index is 1.08. The highest BCUT2D eigenvalue weighted by Gasteiger charge is 2.44. The standard InChI is InChI=1S/C37H48F6O/c1-2-3-4-5-6-24-7-9-25(10-8-24)26-11-13-27(14-12-26)29-17-20-32(33(38)21-29)28-15-18-30(19-16-28)37(42,43)44-31-22-34(39)36(41)35(40)23-31/h17,20-28,30H,2-16,18-19H2,1H3. The monoisotopic (exact) mass is 622 g/mol. The normalized spacial score (nSPS) is 28.2. The van der Waals surface area contributed by atoms with Crippen LogP contribution in [0.25, 0.3) is 0 Å². The number of hydrogen-bond acceptors (Lipinski definition) is 1. The van der Waals surface area contributed by atoms with E-state index >= 15 is 4.39 Å². The zero-order chi connectivity index (χ0) is 31.3. The van der Waals surface area contributed by atoms with Crippen molar-refractivity contribution in [3.63, 3.8) is 0 Å². The first-order valence-electron chi connectivity index (χ1n) is 17.1. The summed E-state index contributed by atoms with van der Waals surface area (Å²) in [4.78, 5) is 0. The largest absolute Gasteiger partial charge is 0.432 e. The van der Waals surface area contributed by atoms with Crippen molar-refractivity contribution >= 4 is 0 Å². The third-order valence-electron chi connectivity index (χ3n) is 11.1. The van der Waals surface area contributed by atoms with Crippen molar-refractivity contribution in [1.82, 2.24) is 0 Å². The smallest absolute Gasteiger partial charge is 0.400 e. The predicted octanol–water partition coefficient (Wildman–Crippen LogP) is 12.2. The topological polar surface area (TPSA) is 9.23 Å². The van der Waals surface area contributed by atoms with Gasteiger partial charge in [0.25, 0.3) is 0 Å². The molecule has 2 aromatic carbocycles. The summed E-state index contributed by atoms with van der Waals surface area (Å²) in [6, 6.07) is 6.40. The molecule has 7 heteroatoms. The van der Waals surface area contributed by atoms with Gasteiger partial charge < -0.3 is 4.74 Å². The van der Waals surface area contributed by atoms with Crippen LogP contribution in [0.3, 0.4) is 0 Å². The maximum absolute atomic E-state index is 15.4. The summed E-state index contributed by atoms with van der Waals surface area (Å²) in [5.74, 6) is -4.32. The lowest BCUT2D eigenvalue weighted by Gasteiger charge is -2.38. The van der Waals surface area contributed by atoms with Crippen molar-refractivity contribution < 1.29 is 31.1 Å². The molecule has 0 saturated heterocycles. The number of benzene rings is 2. The summed E-state index contributed by atoms with van der Waals surface area (Å²) >= 11 is 0. The van der Waals surface area contributed by atoms with E-state index < -0.39 is 35.2 Å². The molecular formula is C37H48F6O. The lowest BCUT2D eigenvalue weighted by atomic mass is 9.68. The van der Waals surface area contributed by atoms with Crippen molar-refractivity contribution in [3.05, 3.63) is 64.7 Å². The van der Waals surface area contributed by atoms with Gasteiger partial charge in [-0.15, -0.1) is 0 Å². The lowest BCUT2D eigenvalue weighted by molar-refractivity contribution is -0.222. The molecule has 2 aromatic rings. The minimum absolute atomic E-state index is 0.0792. The molecule has 0 heterocycles. The van der Waals surface area contributed by atoms with Gasteiger partial charge in [0, 0.05) is 12.1 Å². The summed E-state index contributed by atoms with van der Waals surface area (Å²) in [7, 11) is 0. The van der Waals surface area contributed by atoms with Crippen LogP contribution >= 0.6 is 0 Å².